The summed E-state index contributed by atoms with van der Waals surface area (Å²) in [5.41, 5.74) is 0.770. The van der Waals surface area contributed by atoms with E-state index in [1.807, 2.05) is 31.2 Å². The van der Waals surface area contributed by atoms with Gasteiger partial charge in [-0.15, -0.1) is 0 Å². The molecule has 0 bridgehead atoms. The van der Waals surface area contributed by atoms with Crippen LogP contribution in [0.4, 0.5) is 10.3 Å². The quantitative estimate of drug-likeness (QED) is 0.724. The van der Waals surface area contributed by atoms with Crippen LogP contribution in [0.1, 0.15) is 18.7 Å². The maximum atomic E-state index is 13.0. The van der Waals surface area contributed by atoms with Crippen LogP contribution in [-0.4, -0.2) is 32.6 Å². The number of anilines is 1. The van der Waals surface area contributed by atoms with Gasteiger partial charge in [-0.2, -0.15) is 0 Å². The van der Waals surface area contributed by atoms with Gasteiger partial charge < -0.3 is 4.90 Å². The third kappa shape index (κ3) is 3.16. The third-order valence-corrected chi connectivity index (χ3v) is 5.00. The molecule has 0 N–H and O–H groups in total. The second-order valence-corrected chi connectivity index (χ2v) is 6.72. The first-order valence-corrected chi connectivity index (χ1v) is 8.80. The summed E-state index contributed by atoms with van der Waals surface area (Å²) < 4.78 is 14.8. The van der Waals surface area contributed by atoms with E-state index in [0.717, 1.165) is 37.3 Å². The molecule has 1 aliphatic rings. The molecule has 2 aromatic heterocycles. The van der Waals surface area contributed by atoms with Crippen LogP contribution >= 0.6 is 0 Å². The van der Waals surface area contributed by atoms with E-state index in [-0.39, 0.29) is 5.56 Å². The Kier molecular flexibility index (Phi) is 4.36. The van der Waals surface area contributed by atoms with Gasteiger partial charge in [0.15, 0.2) is 5.82 Å². The zero-order valence-electron chi connectivity index (χ0n) is 14.6. The van der Waals surface area contributed by atoms with Gasteiger partial charge in [-0.1, -0.05) is 12.1 Å². The van der Waals surface area contributed by atoms with Gasteiger partial charge in [-0.3, -0.25) is 9.36 Å². The van der Waals surface area contributed by atoms with Crippen LogP contribution in [0.2, 0.25) is 0 Å². The molecule has 3 heterocycles. The molecule has 1 saturated heterocycles. The lowest BCUT2D eigenvalue weighted by atomic mass is 9.96. The molecule has 1 fully saturated rings. The zero-order chi connectivity index (χ0) is 18.1. The molecule has 4 rings (SSSR count). The van der Waals surface area contributed by atoms with E-state index in [4.69, 9.17) is 0 Å². The molecule has 134 valence electrons. The predicted octanol–water partition coefficient (Wildman–Crippen LogP) is 2.55. The average molecular weight is 353 g/mol. The number of hydrogen-bond donors (Lipinski definition) is 0. The summed E-state index contributed by atoms with van der Waals surface area (Å²) in [5, 5.41) is 0.662. The summed E-state index contributed by atoms with van der Waals surface area (Å²) >= 11 is 0. The Labute approximate surface area is 150 Å². The lowest BCUT2D eigenvalue weighted by molar-refractivity contribution is 0.346. The predicted molar refractivity (Wildman–Crippen MR) is 97.7 cm³/mol. The summed E-state index contributed by atoms with van der Waals surface area (Å²) in [5.74, 6) is 1.27. The molecule has 1 aromatic carbocycles. The number of halogens is 1. The van der Waals surface area contributed by atoms with E-state index in [9.17, 15) is 9.18 Å². The molecule has 26 heavy (non-hydrogen) atoms. The maximum Gasteiger partial charge on any atom is 0.261 e. The fraction of sp³-hybridized carbons (Fsp3) is 0.368. The number of aryl methyl sites for hydroxylation is 1. The van der Waals surface area contributed by atoms with Crippen molar-refractivity contribution < 1.29 is 4.39 Å². The van der Waals surface area contributed by atoms with Crippen molar-refractivity contribution in [2.24, 2.45) is 5.92 Å². The Bertz CT molecular complexity index is 977. The van der Waals surface area contributed by atoms with Gasteiger partial charge in [-0.25, -0.2) is 19.3 Å². The Hall–Kier alpha value is -2.83. The van der Waals surface area contributed by atoms with Crippen molar-refractivity contribution in [1.29, 1.82) is 0 Å². The van der Waals surface area contributed by atoms with Crippen molar-refractivity contribution >= 4 is 16.9 Å². The highest BCUT2D eigenvalue weighted by Gasteiger charge is 2.22. The largest absolute Gasteiger partial charge is 0.341 e. The van der Waals surface area contributed by atoms with E-state index in [1.54, 1.807) is 4.57 Å². The van der Waals surface area contributed by atoms with Gasteiger partial charge in [0, 0.05) is 19.6 Å². The third-order valence-electron chi connectivity index (χ3n) is 5.00. The molecule has 0 saturated carbocycles. The maximum absolute atomic E-state index is 13.0. The number of hydrogen-bond acceptors (Lipinski definition) is 5. The minimum absolute atomic E-state index is 0.0254. The number of fused-ring (bicyclic) bond motifs is 1. The van der Waals surface area contributed by atoms with Crippen LogP contribution in [0.3, 0.4) is 0 Å². The van der Waals surface area contributed by atoms with Gasteiger partial charge in [-0.05, 0) is 37.8 Å². The van der Waals surface area contributed by atoms with Gasteiger partial charge in [0.1, 0.15) is 5.82 Å². The molecule has 0 aliphatic carbocycles. The van der Waals surface area contributed by atoms with Gasteiger partial charge >= 0.3 is 0 Å². The van der Waals surface area contributed by atoms with Crippen molar-refractivity contribution in [2.45, 2.75) is 26.3 Å². The molecule has 0 radical (unpaired) electrons. The SMILES string of the molecule is Cc1nc2ccccc2c(=O)n1CC1CCN(c2ncc(F)cn2)CC1. The summed E-state index contributed by atoms with van der Waals surface area (Å²) in [6, 6.07) is 7.46. The van der Waals surface area contributed by atoms with E-state index < -0.39 is 5.82 Å². The standard InChI is InChI=1S/C19H20FN5O/c1-13-23-17-5-3-2-4-16(17)18(26)25(13)12-14-6-8-24(9-7-14)19-21-10-15(20)11-22-19/h2-5,10-11,14H,6-9,12H2,1H3. The lowest BCUT2D eigenvalue weighted by Gasteiger charge is -2.32. The van der Waals surface area contributed by atoms with Crippen LogP contribution in [-0.2, 0) is 6.54 Å². The lowest BCUT2D eigenvalue weighted by Crippen LogP contribution is -2.37. The van der Waals surface area contributed by atoms with Crippen LogP contribution in [0.15, 0.2) is 41.5 Å². The Morgan fingerprint density at radius 3 is 2.58 bits per heavy atom. The van der Waals surface area contributed by atoms with Gasteiger partial charge in [0.05, 0.1) is 23.3 Å². The van der Waals surface area contributed by atoms with Crippen molar-refractivity contribution in [3.05, 3.63) is 58.7 Å². The first-order chi connectivity index (χ1) is 12.6. The van der Waals surface area contributed by atoms with Crippen LogP contribution in [0.5, 0.6) is 0 Å². The molecular formula is C19H20FN5O. The monoisotopic (exact) mass is 353 g/mol. The van der Waals surface area contributed by atoms with Crippen LogP contribution in [0, 0.1) is 18.7 Å². The number of aromatic nitrogens is 4. The number of nitrogens with zero attached hydrogens (tertiary/aromatic N) is 5. The van der Waals surface area contributed by atoms with Gasteiger partial charge in [0.2, 0.25) is 5.95 Å². The van der Waals surface area contributed by atoms with Crippen molar-refractivity contribution in [2.75, 3.05) is 18.0 Å². The highest BCUT2D eigenvalue weighted by atomic mass is 19.1. The number of piperidine rings is 1. The number of para-hydroxylation sites is 1. The van der Waals surface area contributed by atoms with Crippen LogP contribution < -0.4 is 10.5 Å². The van der Waals surface area contributed by atoms with Crippen LogP contribution in [0.25, 0.3) is 10.9 Å². The number of benzene rings is 1. The van der Waals surface area contributed by atoms with Gasteiger partial charge in [0.25, 0.3) is 5.56 Å². The smallest absolute Gasteiger partial charge is 0.261 e. The molecule has 0 spiro atoms. The molecule has 0 unspecified atom stereocenters. The number of rotatable bonds is 3. The molecule has 0 amide bonds. The summed E-state index contributed by atoms with van der Waals surface area (Å²) in [6.45, 7) is 4.14. The Balaban J connectivity index is 1.49. The van der Waals surface area contributed by atoms with E-state index in [0.29, 0.717) is 23.8 Å². The fourth-order valence-corrected chi connectivity index (χ4v) is 3.54. The first kappa shape index (κ1) is 16.6. The topological polar surface area (TPSA) is 63.9 Å². The normalized spacial score (nSPS) is 15.5. The molecule has 6 nitrogen and oxygen atoms in total. The molecule has 3 aromatic rings. The minimum Gasteiger partial charge on any atom is -0.341 e. The average Bonchev–Trinajstić information content (AvgIpc) is 2.66. The molecule has 0 atom stereocenters. The van der Waals surface area contributed by atoms with Crippen molar-refractivity contribution in [3.8, 4) is 0 Å². The fourth-order valence-electron chi connectivity index (χ4n) is 3.54. The van der Waals surface area contributed by atoms with Crippen molar-refractivity contribution in [1.82, 2.24) is 19.5 Å². The van der Waals surface area contributed by atoms with Crippen molar-refractivity contribution in [3.63, 3.8) is 0 Å². The Morgan fingerprint density at radius 2 is 1.85 bits per heavy atom. The van der Waals surface area contributed by atoms with E-state index in [2.05, 4.69) is 19.9 Å². The minimum atomic E-state index is -0.428. The molecular weight excluding hydrogens is 333 g/mol. The molecule has 1 aliphatic heterocycles. The summed E-state index contributed by atoms with van der Waals surface area (Å²) in [7, 11) is 0. The zero-order valence-corrected chi connectivity index (χ0v) is 14.6. The van der Waals surface area contributed by atoms with E-state index in [1.165, 1.54) is 12.4 Å². The first-order valence-electron chi connectivity index (χ1n) is 8.80. The highest BCUT2D eigenvalue weighted by molar-refractivity contribution is 5.77. The molecule has 7 heteroatoms. The van der Waals surface area contributed by atoms with E-state index >= 15 is 0 Å². The summed E-state index contributed by atoms with van der Waals surface area (Å²) in [4.78, 5) is 27.5. The second kappa shape index (κ2) is 6.82. The second-order valence-electron chi connectivity index (χ2n) is 6.72. The summed E-state index contributed by atoms with van der Waals surface area (Å²) in [6.07, 6.45) is 4.25. The highest BCUT2D eigenvalue weighted by Crippen LogP contribution is 2.22. The Morgan fingerprint density at radius 1 is 1.15 bits per heavy atom.